The van der Waals surface area contributed by atoms with E-state index in [9.17, 15) is 8.42 Å². The molecule has 1 aromatic rings. The molecule has 1 aliphatic heterocycles. The molecule has 0 saturated carbocycles. The highest BCUT2D eigenvalue weighted by Crippen LogP contribution is 2.27. The molecule has 0 spiro atoms. The van der Waals surface area contributed by atoms with Gasteiger partial charge in [0.1, 0.15) is 10.6 Å². The zero-order chi connectivity index (χ0) is 15.3. The van der Waals surface area contributed by atoms with Crippen molar-refractivity contribution >= 4 is 10.0 Å². The monoisotopic (exact) mass is 312 g/mol. The zero-order valence-corrected chi connectivity index (χ0v) is 13.5. The van der Waals surface area contributed by atoms with Crippen LogP contribution < -0.4 is 10.1 Å². The van der Waals surface area contributed by atoms with Crippen molar-refractivity contribution < 1.29 is 13.2 Å². The Morgan fingerprint density at radius 3 is 2.76 bits per heavy atom. The minimum atomic E-state index is -3.53. The van der Waals surface area contributed by atoms with Gasteiger partial charge in [-0.05, 0) is 37.9 Å². The molecule has 2 rings (SSSR count). The number of sulfonamides is 1. The van der Waals surface area contributed by atoms with Crippen molar-refractivity contribution in [3.8, 4) is 5.75 Å². The van der Waals surface area contributed by atoms with Gasteiger partial charge in [0.15, 0.2) is 0 Å². The second-order valence-electron chi connectivity index (χ2n) is 5.31. The fraction of sp³-hybridized carbons (Fsp3) is 0.600. The number of nitrogens with zero attached hydrogens (tertiary/aromatic N) is 1. The quantitative estimate of drug-likeness (QED) is 0.835. The summed E-state index contributed by atoms with van der Waals surface area (Å²) in [7, 11) is -2.03. The number of ether oxygens (including phenoxy) is 1. The van der Waals surface area contributed by atoms with E-state index in [1.165, 1.54) is 7.11 Å². The molecule has 1 heterocycles. The summed E-state index contributed by atoms with van der Waals surface area (Å²) >= 11 is 0. The van der Waals surface area contributed by atoms with Crippen LogP contribution in [-0.2, 0) is 10.0 Å². The van der Waals surface area contributed by atoms with Gasteiger partial charge in [-0.2, -0.15) is 4.31 Å². The number of rotatable bonds is 7. The molecule has 0 amide bonds. The predicted octanol–water partition coefficient (Wildman–Crippen LogP) is 1.85. The summed E-state index contributed by atoms with van der Waals surface area (Å²) in [6.45, 7) is 4.01. The standard InChI is InChI=1S/C15H24N2O3S/c1-3-11-17(12-13-7-6-10-16-13)21(18,19)15-9-5-4-8-14(15)20-2/h4-5,8-9,13,16H,3,6-7,10-12H2,1-2H3. The third-order valence-electron chi connectivity index (χ3n) is 3.75. The predicted molar refractivity (Wildman–Crippen MR) is 83.1 cm³/mol. The Kier molecular flexibility index (Phi) is 5.61. The highest BCUT2D eigenvalue weighted by atomic mass is 32.2. The Balaban J connectivity index is 2.27. The summed E-state index contributed by atoms with van der Waals surface area (Å²) in [6, 6.07) is 7.05. The number of benzene rings is 1. The fourth-order valence-corrected chi connectivity index (χ4v) is 4.42. The number of nitrogens with one attached hydrogen (secondary N) is 1. The molecule has 1 aromatic carbocycles. The number of hydrogen-bond acceptors (Lipinski definition) is 4. The van der Waals surface area contributed by atoms with Gasteiger partial charge in [-0.1, -0.05) is 19.1 Å². The molecular weight excluding hydrogens is 288 g/mol. The Morgan fingerprint density at radius 1 is 1.38 bits per heavy atom. The van der Waals surface area contributed by atoms with Crippen LogP contribution in [0.4, 0.5) is 0 Å². The first-order valence-electron chi connectivity index (χ1n) is 7.46. The topological polar surface area (TPSA) is 58.6 Å². The van der Waals surface area contributed by atoms with Crippen LogP contribution in [0.15, 0.2) is 29.2 Å². The molecule has 118 valence electrons. The summed E-state index contributed by atoms with van der Waals surface area (Å²) < 4.78 is 32.6. The van der Waals surface area contributed by atoms with E-state index in [0.29, 0.717) is 18.8 Å². The van der Waals surface area contributed by atoms with Gasteiger partial charge in [0.05, 0.1) is 7.11 Å². The first kappa shape index (κ1) is 16.3. The smallest absolute Gasteiger partial charge is 0.246 e. The molecule has 0 bridgehead atoms. The lowest BCUT2D eigenvalue weighted by molar-refractivity contribution is 0.363. The second-order valence-corrected chi connectivity index (χ2v) is 7.21. The van der Waals surface area contributed by atoms with Gasteiger partial charge >= 0.3 is 0 Å². The maximum Gasteiger partial charge on any atom is 0.246 e. The van der Waals surface area contributed by atoms with E-state index in [0.717, 1.165) is 25.8 Å². The van der Waals surface area contributed by atoms with Crippen molar-refractivity contribution in [2.24, 2.45) is 0 Å². The normalized spacial score (nSPS) is 19.1. The van der Waals surface area contributed by atoms with Crippen LogP contribution in [0.3, 0.4) is 0 Å². The molecule has 1 atom stereocenters. The van der Waals surface area contributed by atoms with E-state index in [2.05, 4.69) is 5.32 Å². The molecule has 6 heteroatoms. The summed E-state index contributed by atoms with van der Waals surface area (Å²) in [4.78, 5) is 0.249. The Bertz CT molecular complexity index is 554. The van der Waals surface area contributed by atoms with Crippen molar-refractivity contribution in [1.29, 1.82) is 0 Å². The highest BCUT2D eigenvalue weighted by molar-refractivity contribution is 7.89. The molecule has 21 heavy (non-hydrogen) atoms. The molecule has 5 nitrogen and oxygen atoms in total. The van der Waals surface area contributed by atoms with E-state index >= 15 is 0 Å². The fourth-order valence-electron chi connectivity index (χ4n) is 2.69. The van der Waals surface area contributed by atoms with Crippen molar-refractivity contribution in [1.82, 2.24) is 9.62 Å². The SMILES string of the molecule is CCCN(CC1CCCN1)S(=O)(=O)c1ccccc1OC. The molecular formula is C15H24N2O3S. The largest absolute Gasteiger partial charge is 0.495 e. The van der Waals surface area contributed by atoms with E-state index in [1.54, 1.807) is 28.6 Å². The molecule has 0 aliphatic carbocycles. The Hall–Kier alpha value is -1.11. The summed E-state index contributed by atoms with van der Waals surface area (Å²) in [5.41, 5.74) is 0. The summed E-state index contributed by atoms with van der Waals surface area (Å²) in [5, 5.41) is 3.36. The third-order valence-corrected chi connectivity index (χ3v) is 5.65. The average molecular weight is 312 g/mol. The molecule has 1 N–H and O–H groups in total. The minimum absolute atomic E-state index is 0.249. The van der Waals surface area contributed by atoms with E-state index < -0.39 is 10.0 Å². The maximum atomic E-state index is 12.9. The second kappa shape index (κ2) is 7.24. The van der Waals surface area contributed by atoms with Crippen molar-refractivity contribution in [2.75, 3.05) is 26.7 Å². The van der Waals surface area contributed by atoms with Gasteiger partial charge in [-0.25, -0.2) is 8.42 Å². The Morgan fingerprint density at radius 2 is 2.14 bits per heavy atom. The number of para-hydroxylation sites is 1. The van der Waals surface area contributed by atoms with Crippen LogP contribution in [0.1, 0.15) is 26.2 Å². The van der Waals surface area contributed by atoms with Crippen LogP contribution in [0.25, 0.3) is 0 Å². The molecule has 1 aliphatic rings. The van der Waals surface area contributed by atoms with Gasteiger partial charge in [0.25, 0.3) is 0 Å². The van der Waals surface area contributed by atoms with Gasteiger partial charge in [-0.3, -0.25) is 0 Å². The first-order valence-corrected chi connectivity index (χ1v) is 8.90. The van der Waals surface area contributed by atoms with Crippen LogP contribution in [0.5, 0.6) is 5.75 Å². The van der Waals surface area contributed by atoms with Crippen LogP contribution in [0, 0.1) is 0 Å². The third kappa shape index (κ3) is 3.75. The highest BCUT2D eigenvalue weighted by Gasteiger charge is 2.29. The average Bonchev–Trinajstić information content (AvgIpc) is 3.00. The minimum Gasteiger partial charge on any atom is -0.495 e. The maximum absolute atomic E-state index is 12.9. The molecule has 1 saturated heterocycles. The van der Waals surface area contributed by atoms with Crippen LogP contribution in [-0.4, -0.2) is 45.5 Å². The van der Waals surface area contributed by atoms with Gasteiger partial charge < -0.3 is 10.1 Å². The molecule has 1 unspecified atom stereocenters. The van der Waals surface area contributed by atoms with Crippen LogP contribution in [0.2, 0.25) is 0 Å². The van der Waals surface area contributed by atoms with Crippen molar-refractivity contribution in [3.05, 3.63) is 24.3 Å². The first-order chi connectivity index (χ1) is 10.1. The van der Waals surface area contributed by atoms with Crippen molar-refractivity contribution in [2.45, 2.75) is 37.1 Å². The van der Waals surface area contributed by atoms with Crippen molar-refractivity contribution in [3.63, 3.8) is 0 Å². The summed E-state index contributed by atoms with van der Waals surface area (Å²) in [5.74, 6) is 0.401. The molecule has 0 aromatic heterocycles. The van der Waals surface area contributed by atoms with Crippen LogP contribution >= 0.6 is 0 Å². The molecule has 1 fully saturated rings. The lowest BCUT2D eigenvalue weighted by Crippen LogP contribution is -2.41. The Labute approximate surface area is 127 Å². The van der Waals surface area contributed by atoms with Gasteiger partial charge in [0, 0.05) is 19.1 Å². The van der Waals surface area contributed by atoms with E-state index in [4.69, 9.17) is 4.74 Å². The lowest BCUT2D eigenvalue weighted by Gasteiger charge is -2.25. The van der Waals surface area contributed by atoms with Gasteiger partial charge in [-0.15, -0.1) is 0 Å². The van der Waals surface area contributed by atoms with Gasteiger partial charge in [0.2, 0.25) is 10.0 Å². The van der Waals surface area contributed by atoms with E-state index in [1.807, 2.05) is 6.92 Å². The zero-order valence-electron chi connectivity index (χ0n) is 12.7. The summed E-state index contributed by atoms with van der Waals surface area (Å²) in [6.07, 6.45) is 2.93. The van der Waals surface area contributed by atoms with E-state index in [-0.39, 0.29) is 10.9 Å². The lowest BCUT2D eigenvalue weighted by atomic mass is 10.2. The number of hydrogen-bond donors (Lipinski definition) is 1. The number of methoxy groups -OCH3 is 1. The molecule has 0 radical (unpaired) electrons.